The van der Waals surface area contributed by atoms with E-state index in [4.69, 9.17) is 4.74 Å². The van der Waals surface area contributed by atoms with Crippen molar-refractivity contribution >= 4 is 21.6 Å². The molecule has 1 aromatic carbocycles. The molecule has 29 heavy (non-hydrogen) atoms. The molecule has 2 aromatic rings. The summed E-state index contributed by atoms with van der Waals surface area (Å²) in [4.78, 5) is 13.8. The number of anilines is 1. The van der Waals surface area contributed by atoms with Crippen LogP contribution >= 0.6 is 0 Å². The van der Waals surface area contributed by atoms with E-state index in [0.29, 0.717) is 17.2 Å². The molecule has 1 aromatic heterocycles. The Balaban J connectivity index is 2.04. The van der Waals surface area contributed by atoms with Gasteiger partial charge in [0, 0.05) is 18.9 Å². The summed E-state index contributed by atoms with van der Waals surface area (Å²) in [6.07, 6.45) is -3.30. The fourth-order valence-electron chi connectivity index (χ4n) is 3.39. The minimum atomic E-state index is -4.46. The van der Waals surface area contributed by atoms with Gasteiger partial charge in [-0.3, -0.25) is 0 Å². The zero-order valence-corrected chi connectivity index (χ0v) is 16.8. The van der Waals surface area contributed by atoms with Crippen molar-refractivity contribution < 1.29 is 31.1 Å². The first-order chi connectivity index (χ1) is 13.4. The molecule has 11 heteroatoms. The smallest absolute Gasteiger partial charge is 0.416 e. The number of aromatic nitrogens is 2. The van der Waals surface area contributed by atoms with E-state index in [1.807, 2.05) is 0 Å². The second-order valence-corrected chi connectivity index (χ2v) is 9.30. The third-order valence-corrected chi connectivity index (χ3v) is 6.44. The Morgan fingerprint density at radius 2 is 1.86 bits per heavy atom. The Morgan fingerprint density at radius 1 is 1.24 bits per heavy atom. The molecule has 1 saturated heterocycles. The normalized spacial score (nSPS) is 20.1. The van der Waals surface area contributed by atoms with Crippen LogP contribution in [0.4, 0.5) is 19.0 Å². The summed E-state index contributed by atoms with van der Waals surface area (Å²) < 4.78 is 68.9. The molecule has 1 aliphatic heterocycles. The number of hydrogen-bond acceptors (Lipinski definition) is 6. The number of hydrogen-bond donors (Lipinski definition) is 0. The molecule has 158 valence electrons. The third kappa shape index (κ3) is 4.24. The highest BCUT2D eigenvalue weighted by molar-refractivity contribution is 7.91. The lowest BCUT2D eigenvalue weighted by Gasteiger charge is -2.25. The maximum atomic E-state index is 12.8. The molecule has 1 aliphatic rings. The second kappa shape index (κ2) is 7.36. The molecule has 0 spiro atoms. The molecular weight excluding hydrogens is 411 g/mol. The first kappa shape index (κ1) is 21.2. The fraction of sp³-hybridized carbons (Fsp3) is 0.444. The van der Waals surface area contributed by atoms with Crippen molar-refractivity contribution in [2.75, 3.05) is 24.8 Å². The molecule has 0 radical (unpaired) electrons. The van der Waals surface area contributed by atoms with Gasteiger partial charge in [0.25, 0.3) is 0 Å². The first-order valence-electron chi connectivity index (χ1n) is 8.69. The van der Waals surface area contributed by atoms with Gasteiger partial charge in [0.15, 0.2) is 9.84 Å². The van der Waals surface area contributed by atoms with E-state index in [9.17, 15) is 26.4 Å². The van der Waals surface area contributed by atoms with E-state index in [0.717, 1.165) is 18.4 Å². The Labute approximate surface area is 166 Å². The number of ether oxygens (including phenoxy) is 1. The Bertz CT molecular complexity index is 1020. The van der Waals surface area contributed by atoms with Crippen LogP contribution in [0.1, 0.15) is 17.7 Å². The molecule has 0 aliphatic carbocycles. The average molecular weight is 431 g/mol. The molecule has 3 rings (SSSR count). The van der Waals surface area contributed by atoms with Crippen molar-refractivity contribution in [3.05, 3.63) is 41.6 Å². The quantitative estimate of drug-likeness (QED) is 0.692. The number of esters is 1. The standard InChI is InChI=1S/C18H20F3N3O4S/c1-11-8-16(23-10-14(29(3,26)27)9-15(23)17(25)28-2)24(22-11)13-6-4-12(5-7-13)18(19,20)21/h4-8,14-15H,9-10H2,1-3H3. The monoisotopic (exact) mass is 431 g/mol. The largest absolute Gasteiger partial charge is 0.467 e. The average Bonchev–Trinajstić information content (AvgIpc) is 3.24. The minimum absolute atomic E-state index is 0.0460. The van der Waals surface area contributed by atoms with Crippen LogP contribution in [0.15, 0.2) is 30.3 Å². The summed E-state index contributed by atoms with van der Waals surface area (Å²) in [7, 11) is -2.20. The minimum Gasteiger partial charge on any atom is -0.467 e. The molecule has 2 atom stereocenters. The van der Waals surface area contributed by atoms with Crippen molar-refractivity contribution in [3.8, 4) is 5.69 Å². The number of carbonyl (C=O) groups excluding carboxylic acids is 1. The first-order valence-corrected chi connectivity index (χ1v) is 10.6. The maximum absolute atomic E-state index is 12.8. The Morgan fingerprint density at radius 3 is 2.38 bits per heavy atom. The van der Waals surface area contributed by atoms with E-state index < -0.39 is 38.8 Å². The molecular formula is C18H20F3N3O4S. The van der Waals surface area contributed by atoms with Gasteiger partial charge in [-0.25, -0.2) is 17.9 Å². The summed E-state index contributed by atoms with van der Waals surface area (Å²) in [6.45, 7) is 1.74. The van der Waals surface area contributed by atoms with Crippen molar-refractivity contribution in [1.82, 2.24) is 9.78 Å². The zero-order chi connectivity index (χ0) is 21.6. The van der Waals surface area contributed by atoms with Gasteiger partial charge in [0.05, 0.1) is 29.3 Å². The van der Waals surface area contributed by atoms with Gasteiger partial charge in [0.2, 0.25) is 0 Å². The van der Waals surface area contributed by atoms with Crippen molar-refractivity contribution in [3.63, 3.8) is 0 Å². The van der Waals surface area contributed by atoms with Crippen LogP contribution in [0.2, 0.25) is 0 Å². The Kier molecular flexibility index (Phi) is 5.37. The predicted molar refractivity (Wildman–Crippen MR) is 99.7 cm³/mol. The highest BCUT2D eigenvalue weighted by Crippen LogP contribution is 2.33. The van der Waals surface area contributed by atoms with Crippen molar-refractivity contribution in [2.45, 2.75) is 30.8 Å². The summed E-state index contributed by atoms with van der Waals surface area (Å²) in [6, 6.07) is 5.24. The lowest BCUT2D eigenvalue weighted by atomic mass is 10.2. The van der Waals surface area contributed by atoms with E-state index in [1.54, 1.807) is 17.9 Å². The Hall–Kier alpha value is -2.56. The van der Waals surface area contributed by atoms with Crippen LogP contribution in [-0.4, -0.2) is 55.4 Å². The molecule has 0 saturated carbocycles. The molecule has 1 fully saturated rings. The van der Waals surface area contributed by atoms with E-state index in [-0.39, 0.29) is 13.0 Å². The highest BCUT2D eigenvalue weighted by Gasteiger charge is 2.43. The number of aryl methyl sites for hydroxylation is 1. The van der Waals surface area contributed by atoms with E-state index >= 15 is 0 Å². The van der Waals surface area contributed by atoms with Crippen LogP contribution in [0.3, 0.4) is 0 Å². The van der Waals surface area contributed by atoms with Gasteiger partial charge in [-0.1, -0.05) is 0 Å². The summed E-state index contributed by atoms with van der Waals surface area (Å²) >= 11 is 0. The topological polar surface area (TPSA) is 81.5 Å². The number of sulfone groups is 1. The van der Waals surface area contributed by atoms with E-state index in [2.05, 4.69) is 5.10 Å². The summed E-state index contributed by atoms with van der Waals surface area (Å²) in [5.41, 5.74) is 0.122. The molecule has 0 amide bonds. The number of alkyl halides is 3. The van der Waals surface area contributed by atoms with Gasteiger partial charge in [-0.15, -0.1) is 0 Å². The number of rotatable bonds is 4. The van der Waals surface area contributed by atoms with Gasteiger partial charge in [0.1, 0.15) is 11.9 Å². The number of benzene rings is 1. The van der Waals surface area contributed by atoms with E-state index in [1.165, 1.54) is 23.9 Å². The zero-order valence-electron chi connectivity index (χ0n) is 16.0. The van der Waals surface area contributed by atoms with Gasteiger partial charge < -0.3 is 9.64 Å². The third-order valence-electron chi connectivity index (χ3n) is 4.89. The maximum Gasteiger partial charge on any atom is 0.416 e. The van der Waals surface area contributed by atoms with Crippen molar-refractivity contribution in [2.24, 2.45) is 0 Å². The fourth-order valence-corrected chi connectivity index (χ4v) is 4.36. The molecule has 7 nitrogen and oxygen atoms in total. The van der Waals surface area contributed by atoms with Crippen LogP contribution in [0.5, 0.6) is 0 Å². The SMILES string of the molecule is COC(=O)C1CC(S(C)(=O)=O)CN1c1cc(C)nn1-c1ccc(C(F)(F)F)cc1. The second-order valence-electron chi connectivity index (χ2n) is 6.98. The van der Waals surface area contributed by atoms with Gasteiger partial charge in [-0.05, 0) is 37.6 Å². The summed E-state index contributed by atoms with van der Waals surface area (Å²) in [5, 5.41) is 3.54. The van der Waals surface area contributed by atoms with Crippen LogP contribution in [0, 0.1) is 6.92 Å². The van der Waals surface area contributed by atoms with Crippen molar-refractivity contribution in [1.29, 1.82) is 0 Å². The van der Waals surface area contributed by atoms with Gasteiger partial charge in [-0.2, -0.15) is 18.3 Å². The van der Waals surface area contributed by atoms with Crippen LogP contribution < -0.4 is 4.90 Å². The summed E-state index contributed by atoms with van der Waals surface area (Å²) in [5.74, 6) is -0.183. The van der Waals surface area contributed by atoms with Crippen LogP contribution in [-0.2, 0) is 25.5 Å². The predicted octanol–water partition coefficient (Wildman–Crippen LogP) is 2.36. The lowest BCUT2D eigenvalue weighted by molar-refractivity contribution is -0.142. The molecule has 2 unspecified atom stereocenters. The number of halogens is 3. The van der Waals surface area contributed by atoms with Crippen LogP contribution in [0.25, 0.3) is 5.69 Å². The van der Waals surface area contributed by atoms with Gasteiger partial charge >= 0.3 is 12.1 Å². The number of methoxy groups -OCH3 is 1. The molecule has 0 bridgehead atoms. The molecule has 2 heterocycles. The lowest BCUT2D eigenvalue weighted by Crippen LogP contribution is -2.38. The molecule has 0 N–H and O–H groups in total. The number of nitrogens with zero attached hydrogens (tertiary/aromatic N) is 3. The number of carbonyl (C=O) groups is 1. The highest BCUT2D eigenvalue weighted by atomic mass is 32.2.